The lowest BCUT2D eigenvalue weighted by Crippen LogP contribution is -2.57. The molecule has 2 fully saturated rings. The number of carbonyl (C=O) groups excluding carboxylic acids is 3. The molecular weight excluding hydrogens is 418 g/mol. The fourth-order valence-corrected chi connectivity index (χ4v) is 4.62. The molecule has 1 unspecified atom stereocenters. The number of piperazine rings is 1. The van der Waals surface area contributed by atoms with Crippen LogP contribution in [0.2, 0.25) is 0 Å². The molecule has 8 nitrogen and oxygen atoms in total. The van der Waals surface area contributed by atoms with Crippen LogP contribution < -0.4 is 10.2 Å². The highest BCUT2D eigenvalue weighted by Gasteiger charge is 2.36. The van der Waals surface area contributed by atoms with E-state index >= 15 is 0 Å². The first-order valence-electron chi connectivity index (χ1n) is 11.6. The molecule has 33 heavy (non-hydrogen) atoms. The van der Waals surface area contributed by atoms with Crippen molar-refractivity contribution in [3.05, 3.63) is 53.2 Å². The number of benzene rings is 1. The van der Waals surface area contributed by atoms with Gasteiger partial charge in [0.25, 0.3) is 5.91 Å². The fraction of sp³-hybridized carbons (Fsp3) is 0.440. The largest absolute Gasteiger partial charge is 0.359 e. The predicted octanol–water partition coefficient (Wildman–Crippen LogP) is 2.43. The molecule has 2 aromatic rings. The molecule has 0 spiro atoms. The predicted molar refractivity (Wildman–Crippen MR) is 125 cm³/mol. The van der Waals surface area contributed by atoms with Crippen LogP contribution in [0.5, 0.6) is 0 Å². The van der Waals surface area contributed by atoms with Gasteiger partial charge >= 0.3 is 0 Å². The molecule has 5 rings (SSSR count). The van der Waals surface area contributed by atoms with Crippen molar-refractivity contribution in [2.75, 3.05) is 36.4 Å². The normalized spacial score (nSPS) is 20.5. The number of aromatic nitrogens is 1. The fourth-order valence-electron chi connectivity index (χ4n) is 4.62. The lowest BCUT2D eigenvalue weighted by Gasteiger charge is -2.39. The van der Waals surface area contributed by atoms with Gasteiger partial charge in [0.15, 0.2) is 0 Å². The van der Waals surface area contributed by atoms with Gasteiger partial charge in [-0.1, -0.05) is 29.8 Å². The zero-order chi connectivity index (χ0) is 23.1. The maximum absolute atomic E-state index is 13.4. The summed E-state index contributed by atoms with van der Waals surface area (Å²) in [6.07, 6.45) is 3.80. The number of amides is 3. The topological polar surface area (TPSA) is 85.8 Å². The Morgan fingerprint density at radius 1 is 1.18 bits per heavy atom. The van der Waals surface area contributed by atoms with Crippen LogP contribution >= 0.6 is 0 Å². The first kappa shape index (κ1) is 21.4. The number of carbonyl (C=O) groups is 3. The average molecular weight is 448 g/mol. The maximum atomic E-state index is 13.4. The highest BCUT2D eigenvalue weighted by molar-refractivity contribution is 6.04. The minimum Gasteiger partial charge on any atom is -0.359 e. The summed E-state index contributed by atoms with van der Waals surface area (Å²) in [4.78, 5) is 48.5. The second-order valence-electron chi connectivity index (χ2n) is 9.32. The number of rotatable bonds is 5. The Kier molecular flexibility index (Phi) is 5.52. The van der Waals surface area contributed by atoms with E-state index in [2.05, 4.69) is 16.4 Å². The van der Waals surface area contributed by atoms with E-state index in [1.165, 1.54) is 6.20 Å². The molecule has 1 aromatic heterocycles. The third-order valence-corrected chi connectivity index (χ3v) is 6.72. The summed E-state index contributed by atoms with van der Waals surface area (Å²) in [6, 6.07) is 9.31. The summed E-state index contributed by atoms with van der Waals surface area (Å²) >= 11 is 0. The van der Waals surface area contributed by atoms with Gasteiger partial charge in [0, 0.05) is 32.4 Å². The molecule has 1 atom stereocenters. The van der Waals surface area contributed by atoms with Gasteiger partial charge in [-0.25, -0.2) is 4.98 Å². The van der Waals surface area contributed by atoms with Crippen molar-refractivity contribution in [1.82, 2.24) is 14.8 Å². The molecule has 0 bridgehead atoms. The number of nitrogens with one attached hydrogen (secondary N) is 1. The van der Waals surface area contributed by atoms with Crippen LogP contribution in [0.3, 0.4) is 0 Å². The molecule has 1 aromatic carbocycles. The lowest BCUT2D eigenvalue weighted by atomic mass is 10.1. The monoisotopic (exact) mass is 447 g/mol. The highest BCUT2D eigenvalue weighted by atomic mass is 16.2. The number of anilines is 2. The van der Waals surface area contributed by atoms with Gasteiger partial charge in [0.2, 0.25) is 11.8 Å². The second-order valence-corrected chi connectivity index (χ2v) is 9.32. The van der Waals surface area contributed by atoms with E-state index in [-0.39, 0.29) is 24.3 Å². The summed E-state index contributed by atoms with van der Waals surface area (Å²) in [7, 11) is 0. The molecule has 8 heteroatoms. The summed E-state index contributed by atoms with van der Waals surface area (Å²) in [5, 5.41) is 3.04. The van der Waals surface area contributed by atoms with Crippen LogP contribution in [0.25, 0.3) is 0 Å². The molecule has 172 valence electrons. The zero-order valence-corrected chi connectivity index (χ0v) is 19.1. The molecule has 3 aliphatic rings. The van der Waals surface area contributed by atoms with Gasteiger partial charge in [-0.05, 0) is 44.2 Å². The number of hydrogen-bond donors (Lipinski definition) is 1. The summed E-state index contributed by atoms with van der Waals surface area (Å²) < 4.78 is 0. The number of aryl methyl sites for hydroxylation is 1. The first-order chi connectivity index (χ1) is 15.9. The Balaban J connectivity index is 1.32. The quantitative estimate of drug-likeness (QED) is 0.761. The molecule has 1 saturated heterocycles. The van der Waals surface area contributed by atoms with Crippen LogP contribution in [0, 0.1) is 12.8 Å². The van der Waals surface area contributed by atoms with E-state index in [4.69, 9.17) is 0 Å². The Morgan fingerprint density at radius 3 is 2.76 bits per heavy atom. The minimum absolute atomic E-state index is 0.00546. The molecule has 0 radical (unpaired) electrons. The Hall–Kier alpha value is -3.42. The van der Waals surface area contributed by atoms with Crippen LogP contribution in [0.15, 0.2) is 36.5 Å². The van der Waals surface area contributed by atoms with Crippen molar-refractivity contribution in [1.29, 1.82) is 0 Å². The third-order valence-electron chi connectivity index (χ3n) is 6.72. The smallest absolute Gasteiger partial charge is 0.256 e. The number of nitrogens with zero attached hydrogens (tertiary/aromatic N) is 4. The Morgan fingerprint density at radius 2 is 2.00 bits per heavy atom. The van der Waals surface area contributed by atoms with Gasteiger partial charge < -0.3 is 20.0 Å². The van der Waals surface area contributed by atoms with E-state index in [0.29, 0.717) is 49.2 Å². The van der Waals surface area contributed by atoms with Gasteiger partial charge in [-0.2, -0.15) is 0 Å². The molecule has 3 heterocycles. The zero-order valence-electron chi connectivity index (χ0n) is 19.1. The standard InChI is InChI=1S/C25H29N5O3/c1-16-4-3-5-19(10-16)14-28-8-9-29(17(2)24(28)32)25(33)20-11-21-23(26-12-20)27-13-22(31)30(21)15-18-6-7-18/h3-5,10-12,17-18H,6-9,13-15H2,1-2H3,(H,26,27). The molecule has 3 amide bonds. The van der Waals surface area contributed by atoms with Crippen LogP contribution in [-0.4, -0.2) is 64.7 Å². The van der Waals surface area contributed by atoms with Gasteiger partial charge in [-0.3, -0.25) is 14.4 Å². The van der Waals surface area contributed by atoms with E-state index in [1.807, 2.05) is 30.0 Å². The molecule has 1 saturated carbocycles. The Bertz CT molecular complexity index is 1110. The van der Waals surface area contributed by atoms with Crippen LogP contribution in [-0.2, 0) is 16.1 Å². The summed E-state index contributed by atoms with van der Waals surface area (Å²) in [5.41, 5.74) is 3.30. The van der Waals surface area contributed by atoms with E-state index in [1.54, 1.807) is 22.8 Å². The van der Waals surface area contributed by atoms with Crippen molar-refractivity contribution in [3.8, 4) is 0 Å². The van der Waals surface area contributed by atoms with E-state index in [9.17, 15) is 14.4 Å². The highest BCUT2D eigenvalue weighted by Crippen LogP contribution is 2.35. The minimum atomic E-state index is -0.561. The number of pyridine rings is 1. The van der Waals surface area contributed by atoms with Crippen molar-refractivity contribution in [3.63, 3.8) is 0 Å². The van der Waals surface area contributed by atoms with Crippen molar-refractivity contribution < 1.29 is 14.4 Å². The maximum Gasteiger partial charge on any atom is 0.256 e. The van der Waals surface area contributed by atoms with Gasteiger partial charge in [0.1, 0.15) is 11.9 Å². The molecule has 1 aliphatic carbocycles. The lowest BCUT2D eigenvalue weighted by molar-refractivity contribution is -0.140. The first-order valence-corrected chi connectivity index (χ1v) is 11.6. The van der Waals surface area contributed by atoms with Crippen LogP contribution in [0.1, 0.15) is 41.3 Å². The van der Waals surface area contributed by atoms with Gasteiger partial charge in [0.05, 0.1) is 17.8 Å². The third kappa shape index (κ3) is 4.29. The Labute approximate surface area is 193 Å². The van der Waals surface area contributed by atoms with Crippen molar-refractivity contribution in [2.45, 2.75) is 39.3 Å². The average Bonchev–Trinajstić information content (AvgIpc) is 3.63. The molecular formula is C25H29N5O3. The molecule has 1 N–H and O–H groups in total. The van der Waals surface area contributed by atoms with Crippen molar-refractivity contribution >= 4 is 29.2 Å². The molecule has 2 aliphatic heterocycles. The van der Waals surface area contributed by atoms with E-state index in [0.717, 1.165) is 24.0 Å². The second kappa shape index (κ2) is 8.50. The summed E-state index contributed by atoms with van der Waals surface area (Å²) in [6.45, 7) is 6.17. The summed E-state index contributed by atoms with van der Waals surface area (Å²) in [5.74, 6) is 0.853. The van der Waals surface area contributed by atoms with Crippen LogP contribution in [0.4, 0.5) is 11.5 Å². The number of hydrogen-bond acceptors (Lipinski definition) is 5. The van der Waals surface area contributed by atoms with E-state index < -0.39 is 6.04 Å². The number of fused-ring (bicyclic) bond motifs is 1. The SMILES string of the molecule is Cc1cccc(CN2CCN(C(=O)c3cnc4c(c3)N(CC3CC3)C(=O)CN4)C(C)C2=O)c1. The van der Waals surface area contributed by atoms with Crippen molar-refractivity contribution in [2.24, 2.45) is 5.92 Å². The van der Waals surface area contributed by atoms with Gasteiger partial charge in [-0.15, -0.1) is 0 Å².